The first-order chi connectivity index (χ1) is 7.70. The van der Waals surface area contributed by atoms with Gasteiger partial charge in [0.15, 0.2) is 0 Å². The van der Waals surface area contributed by atoms with Crippen molar-refractivity contribution in [1.29, 1.82) is 0 Å². The Labute approximate surface area is 104 Å². The minimum absolute atomic E-state index is 0.135. The van der Waals surface area contributed by atoms with Gasteiger partial charge < -0.3 is 5.73 Å². The standard InChI is InChI=1S/C13H13BrN2/c1-9-6-7-16-8-11(9)13(15)10-4-2-3-5-12(10)14/h2-8,13H,15H2,1H3. The van der Waals surface area contributed by atoms with Gasteiger partial charge in [-0.05, 0) is 35.7 Å². The normalized spacial score (nSPS) is 12.4. The van der Waals surface area contributed by atoms with E-state index in [1.807, 2.05) is 43.5 Å². The average molecular weight is 277 g/mol. The molecule has 0 fully saturated rings. The van der Waals surface area contributed by atoms with E-state index in [0.29, 0.717) is 0 Å². The second kappa shape index (κ2) is 4.76. The minimum atomic E-state index is -0.135. The summed E-state index contributed by atoms with van der Waals surface area (Å²) in [5.74, 6) is 0. The highest BCUT2D eigenvalue weighted by Gasteiger charge is 2.13. The number of nitrogens with zero attached hydrogens (tertiary/aromatic N) is 1. The largest absolute Gasteiger partial charge is 0.320 e. The van der Waals surface area contributed by atoms with E-state index in [4.69, 9.17) is 5.73 Å². The van der Waals surface area contributed by atoms with Gasteiger partial charge in [0.05, 0.1) is 6.04 Å². The zero-order valence-electron chi connectivity index (χ0n) is 9.02. The molecule has 2 nitrogen and oxygen atoms in total. The highest BCUT2D eigenvalue weighted by molar-refractivity contribution is 9.10. The van der Waals surface area contributed by atoms with Gasteiger partial charge in [0.25, 0.3) is 0 Å². The molecule has 2 N–H and O–H groups in total. The molecule has 0 bridgehead atoms. The lowest BCUT2D eigenvalue weighted by atomic mass is 9.98. The lowest BCUT2D eigenvalue weighted by Gasteiger charge is -2.15. The quantitative estimate of drug-likeness (QED) is 0.915. The summed E-state index contributed by atoms with van der Waals surface area (Å²) in [6, 6.07) is 9.85. The maximum Gasteiger partial charge on any atom is 0.0580 e. The Balaban J connectivity index is 2.44. The van der Waals surface area contributed by atoms with Crippen LogP contribution in [0.1, 0.15) is 22.7 Å². The average Bonchev–Trinajstić information content (AvgIpc) is 2.29. The van der Waals surface area contributed by atoms with Crippen molar-refractivity contribution in [3.63, 3.8) is 0 Å². The Morgan fingerprint density at radius 1 is 1.19 bits per heavy atom. The number of aryl methyl sites for hydroxylation is 1. The van der Waals surface area contributed by atoms with Crippen LogP contribution in [0.5, 0.6) is 0 Å². The van der Waals surface area contributed by atoms with Crippen molar-refractivity contribution in [2.24, 2.45) is 5.73 Å². The third-order valence-electron chi connectivity index (χ3n) is 2.65. The second-order valence-corrected chi connectivity index (χ2v) is 4.59. The minimum Gasteiger partial charge on any atom is -0.320 e. The van der Waals surface area contributed by atoms with Crippen molar-refractivity contribution >= 4 is 15.9 Å². The summed E-state index contributed by atoms with van der Waals surface area (Å²) in [5, 5.41) is 0. The molecular weight excluding hydrogens is 264 g/mol. The third kappa shape index (κ3) is 2.15. The van der Waals surface area contributed by atoms with Crippen LogP contribution in [-0.2, 0) is 0 Å². The fourth-order valence-corrected chi connectivity index (χ4v) is 2.23. The second-order valence-electron chi connectivity index (χ2n) is 3.73. The molecule has 1 atom stereocenters. The summed E-state index contributed by atoms with van der Waals surface area (Å²) in [7, 11) is 0. The van der Waals surface area contributed by atoms with E-state index in [2.05, 4.69) is 20.9 Å². The van der Waals surface area contributed by atoms with Crippen molar-refractivity contribution in [2.45, 2.75) is 13.0 Å². The Bertz CT molecular complexity index is 451. The molecule has 0 spiro atoms. The van der Waals surface area contributed by atoms with Gasteiger partial charge >= 0.3 is 0 Å². The van der Waals surface area contributed by atoms with Crippen molar-refractivity contribution < 1.29 is 0 Å². The number of halogens is 1. The molecule has 3 heteroatoms. The van der Waals surface area contributed by atoms with Crippen LogP contribution in [0.25, 0.3) is 0 Å². The van der Waals surface area contributed by atoms with Crippen LogP contribution in [0.4, 0.5) is 0 Å². The first-order valence-electron chi connectivity index (χ1n) is 5.10. The summed E-state index contributed by atoms with van der Waals surface area (Å²) in [6.45, 7) is 2.05. The molecule has 0 aliphatic rings. The van der Waals surface area contributed by atoms with E-state index in [1.165, 1.54) is 5.56 Å². The first kappa shape index (κ1) is 11.3. The molecule has 2 aromatic rings. The predicted octanol–water partition coefficient (Wildman–Crippen LogP) is 3.20. The SMILES string of the molecule is Cc1ccncc1C(N)c1ccccc1Br. The summed E-state index contributed by atoms with van der Waals surface area (Å²) in [6.07, 6.45) is 3.62. The van der Waals surface area contributed by atoms with Crippen molar-refractivity contribution in [1.82, 2.24) is 4.98 Å². The van der Waals surface area contributed by atoms with Gasteiger partial charge in [0.2, 0.25) is 0 Å². The molecule has 16 heavy (non-hydrogen) atoms. The molecule has 0 aliphatic heterocycles. The number of benzene rings is 1. The number of nitrogens with two attached hydrogens (primary N) is 1. The van der Waals surface area contributed by atoms with Gasteiger partial charge in [-0.1, -0.05) is 34.1 Å². The van der Waals surface area contributed by atoms with E-state index in [-0.39, 0.29) is 6.04 Å². The zero-order chi connectivity index (χ0) is 11.5. The van der Waals surface area contributed by atoms with Crippen molar-refractivity contribution in [3.8, 4) is 0 Å². The summed E-state index contributed by atoms with van der Waals surface area (Å²) >= 11 is 3.52. The van der Waals surface area contributed by atoms with Crippen LogP contribution in [0, 0.1) is 6.92 Å². The van der Waals surface area contributed by atoms with Crippen molar-refractivity contribution in [3.05, 3.63) is 63.9 Å². The maximum atomic E-state index is 6.25. The Hall–Kier alpha value is -1.19. The van der Waals surface area contributed by atoms with Crippen LogP contribution >= 0.6 is 15.9 Å². The van der Waals surface area contributed by atoms with Crippen LogP contribution in [0.3, 0.4) is 0 Å². The smallest absolute Gasteiger partial charge is 0.0580 e. The number of aromatic nitrogens is 1. The van der Waals surface area contributed by atoms with Gasteiger partial charge in [-0.25, -0.2) is 0 Å². The molecule has 2 rings (SSSR count). The molecule has 0 saturated carbocycles. The Morgan fingerprint density at radius 3 is 2.62 bits per heavy atom. The predicted molar refractivity (Wildman–Crippen MR) is 69.1 cm³/mol. The lowest BCUT2D eigenvalue weighted by Crippen LogP contribution is -2.14. The first-order valence-corrected chi connectivity index (χ1v) is 5.90. The number of hydrogen-bond acceptors (Lipinski definition) is 2. The molecule has 1 aromatic heterocycles. The van der Waals surface area contributed by atoms with Gasteiger partial charge in [0, 0.05) is 16.9 Å². The Morgan fingerprint density at radius 2 is 1.94 bits per heavy atom. The zero-order valence-corrected chi connectivity index (χ0v) is 10.6. The summed E-state index contributed by atoms with van der Waals surface area (Å²) in [5.41, 5.74) is 9.56. The third-order valence-corrected chi connectivity index (χ3v) is 3.38. The van der Waals surface area contributed by atoms with Crippen LogP contribution in [0.15, 0.2) is 47.2 Å². The molecular formula is C13H13BrN2. The van der Waals surface area contributed by atoms with Gasteiger partial charge in [-0.3, -0.25) is 4.98 Å². The summed E-state index contributed by atoms with van der Waals surface area (Å²) < 4.78 is 1.03. The van der Waals surface area contributed by atoms with Crippen LogP contribution in [0.2, 0.25) is 0 Å². The van der Waals surface area contributed by atoms with E-state index in [0.717, 1.165) is 15.6 Å². The molecule has 1 aromatic carbocycles. The van der Waals surface area contributed by atoms with E-state index < -0.39 is 0 Å². The maximum absolute atomic E-state index is 6.25. The fourth-order valence-electron chi connectivity index (χ4n) is 1.70. The summed E-state index contributed by atoms with van der Waals surface area (Å²) in [4.78, 5) is 4.13. The highest BCUT2D eigenvalue weighted by Crippen LogP contribution is 2.27. The van der Waals surface area contributed by atoms with E-state index in [1.54, 1.807) is 6.20 Å². The molecule has 1 heterocycles. The monoisotopic (exact) mass is 276 g/mol. The molecule has 0 saturated heterocycles. The highest BCUT2D eigenvalue weighted by atomic mass is 79.9. The molecule has 1 unspecified atom stereocenters. The number of hydrogen-bond donors (Lipinski definition) is 1. The van der Waals surface area contributed by atoms with E-state index in [9.17, 15) is 0 Å². The Kier molecular flexibility index (Phi) is 3.36. The lowest BCUT2D eigenvalue weighted by molar-refractivity contribution is 0.848. The topological polar surface area (TPSA) is 38.9 Å². The van der Waals surface area contributed by atoms with E-state index >= 15 is 0 Å². The number of pyridine rings is 1. The van der Waals surface area contributed by atoms with Gasteiger partial charge in [-0.15, -0.1) is 0 Å². The van der Waals surface area contributed by atoms with Crippen LogP contribution in [-0.4, -0.2) is 4.98 Å². The molecule has 0 amide bonds. The fraction of sp³-hybridized carbons (Fsp3) is 0.154. The number of rotatable bonds is 2. The van der Waals surface area contributed by atoms with Crippen LogP contribution < -0.4 is 5.73 Å². The molecule has 82 valence electrons. The van der Waals surface area contributed by atoms with Crippen molar-refractivity contribution in [2.75, 3.05) is 0 Å². The van der Waals surface area contributed by atoms with Gasteiger partial charge in [0.1, 0.15) is 0 Å². The molecule has 0 radical (unpaired) electrons. The van der Waals surface area contributed by atoms with Gasteiger partial charge in [-0.2, -0.15) is 0 Å². The molecule has 0 aliphatic carbocycles.